The lowest BCUT2D eigenvalue weighted by Gasteiger charge is -2.30. The Morgan fingerprint density at radius 1 is 0.645 bits per heavy atom. The van der Waals surface area contributed by atoms with E-state index in [2.05, 4.69) is 20.6 Å². The highest BCUT2D eigenvalue weighted by molar-refractivity contribution is 5.78. The third-order valence-electron chi connectivity index (χ3n) is 10.4. The first-order chi connectivity index (χ1) is 29.5. The highest BCUT2D eigenvalue weighted by Crippen LogP contribution is 2.34. The van der Waals surface area contributed by atoms with Crippen LogP contribution in [0, 0.1) is 11.3 Å². The maximum absolute atomic E-state index is 13.0. The predicted octanol–water partition coefficient (Wildman–Crippen LogP) is 9.42. The van der Waals surface area contributed by atoms with Crippen LogP contribution < -0.4 is 10.6 Å². The Balaban J connectivity index is 1.15. The molecule has 0 bridgehead atoms. The standard InChI is InChI=1S/C48H56N6O8/c1-47(2,3)34(44(56)57)27-40(54-46(59)61-29-33-15-11-8-12-16-33)43-50-36-22-20-31(26-39(36)52-43)18-17-30-19-21-35-38(25-30)51-42(49-35)37(23-24-41(55)62-48(4,5)6)53-45(58)60-28-32-13-9-7-10-14-32/h7-16,19-22,25-26,34,37,40H,17-18,23-24,27-29H2,1-6H3,(H,49,51)(H,50,52)(H,53,58)(H,54,59)(H,56,57)/t34?,37-,40-/m0/s1. The fourth-order valence-corrected chi connectivity index (χ4v) is 7.13. The molecule has 0 aliphatic heterocycles. The minimum absolute atomic E-state index is 0.0591. The number of nitrogens with zero attached hydrogens (tertiary/aromatic N) is 2. The van der Waals surface area contributed by atoms with Crippen LogP contribution in [-0.2, 0) is 49.9 Å². The first-order valence-corrected chi connectivity index (χ1v) is 20.9. The zero-order chi connectivity index (χ0) is 44.4. The SMILES string of the molecule is CC(C)(C)OC(=O)CC[C@H](NC(=O)OCc1ccccc1)c1nc2ccc(CCc3ccc4nc([C@H](CC(C(=O)O)C(C)(C)C)NC(=O)OCc5ccccc5)[nH]c4c3)cc2[nH]1. The van der Waals surface area contributed by atoms with E-state index in [0.29, 0.717) is 35.5 Å². The molecule has 0 spiro atoms. The number of carbonyl (C=O) groups is 4. The van der Waals surface area contributed by atoms with E-state index in [1.165, 1.54) is 0 Å². The summed E-state index contributed by atoms with van der Waals surface area (Å²) in [6.45, 7) is 11.2. The molecule has 0 aliphatic rings. The largest absolute Gasteiger partial charge is 0.481 e. The number of hydrogen-bond donors (Lipinski definition) is 5. The number of esters is 1. The molecule has 6 rings (SSSR count). The van der Waals surface area contributed by atoms with Crippen molar-refractivity contribution in [2.45, 2.75) is 105 Å². The zero-order valence-corrected chi connectivity index (χ0v) is 36.1. The molecule has 14 heteroatoms. The van der Waals surface area contributed by atoms with Crippen LogP contribution in [0.3, 0.4) is 0 Å². The van der Waals surface area contributed by atoms with E-state index < -0.39 is 47.2 Å². The van der Waals surface area contributed by atoms with Gasteiger partial charge < -0.3 is 39.9 Å². The number of imidazole rings is 2. The number of ether oxygens (including phenoxy) is 3. The van der Waals surface area contributed by atoms with Gasteiger partial charge in [-0.3, -0.25) is 9.59 Å². The number of H-pyrrole nitrogens is 2. The first kappa shape index (κ1) is 44.8. The van der Waals surface area contributed by atoms with Crippen LogP contribution in [0.1, 0.15) is 107 Å². The topological polar surface area (TPSA) is 198 Å². The molecule has 4 aromatic carbocycles. The zero-order valence-electron chi connectivity index (χ0n) is 36.1. The minimum Gasteiger partial charge on any atom is -0.481 e. The number of carboxylic acids is 1. The van der Waals surface area contributed by atoms with Crippen LogP contribution in [0.5, 0.6) is 0 Å². The van der Waals surface area contributed by atoms with E-state index in [0.717, 1.165) is 33.3 Å². The smallest absolute Gasteiger partial charge is 0.408 e. The Morgan fingerprint density at radius 3 is 1.56 bits per heavy atom. The fraction of sp³-hybridized carbons (Fsp3) is 0.375. The van der Waals surface area contributed by atoms with E-state index in [4.69, 9.17) is 24.2 Å². The number of aryl methyl sites for hydroxylation is 2. The van der Waals surface area contributed by atoms with Crippen LogP contribution in [0.4, 0.5) is 9.59 Å². The summed E-state index contributed by atoms with van der Waals surface area (Å²) in [4.78, 5) is 67.3. The van der Waals surface area contributed by atoms with Gasteiger partial charge >= 0.3 is 24.1 Å². The van der Waals surface area contributed by atoms with Gasteiger partial charge in [-0.15, -0.1) is 0 Å². The summed E-state index contributed by atoms with van der Waals surface area (Å²) in [5, 5.41) is 15.9. The maximum Gasteiger partial charge on any atom is 0.408 e. The molecule has 2 amide bonds. The molecule has 0 saturated carbocycles. The summed E-state index contributed by atoms with van der Waals surface area (Å²) < 4.78 is 16.5. The van der Waals surface area contributed by atoms with E-state index in [-0.39, 0.29) is 38.4 Å². The Labute approximate surface area is 361 Å². The Bertz CT molecular complexity index is 2470. The number of aromatic amines is 2. The van der Waals surface area contributed by atoms with Gasteiger partial charge in [-0.25, -0.2) is 19.6 Å². The van der Waals surface area contributed by atoms with Crippen LogP contribution in [0.2, 0.25) is 0 Å². The second-order valence-electron chi connectivity index (χ2n) is 17.6. The molecule has 2 heterocycles. The molecule has 14 nitrogen and oxygen atoms in total. The lowest BCUT2D eigenvalue weighted by Crippen LogP contribution is -2.36. The van der Waals surface area contributed by atoms with Crippen LogP contribution in [0.15, 0.2) is 97.1 Å². The highest BCUT2D eigenvalue weighted by atomic mass is 16.6. The summed E-state index contributed by atoms with van der Waals surface area (Å²) in [7, 11) is 0. The van der Waals surface area contributed by atoms with Gasteiger partial charge in [0.15, 0.2) is 0 Å². The molecule has 2 aromatic heterocycles. The molecule has 3 atom stereocenters. The Hall–Kier alpha value is -6.70. The van der Waals surface area contributed by atoms with E-state index >= 15 is 0 Å². The number of benzene rings is 4. The molecule has 0 fully saturated rings. The third kappa shape index (κ3) is 12.9. The van der Waals surface area contributed by atoms with Crippen molar-refractivity contribution in [1.82, 2.24) is 30.6 Å². The Kier molecular flexibility index (Phi) is 14.3. The van der Waals surface area contributed by atoms with E-state index in [1.54, 1.807) is 0 Å². The molecule has 326 valence electrons. The molecule has 0 aliphatic carbocycles. The number of nitrogens with one attached hydrogen (secondary N) is 4. The number of aromatic nitrogens is 4. The minimum atomic E-state index is -0.959. The van der Waals surface area contributed by atoms with Crippen LogP contribution >= 0.6 is 0 Å². The second kappa shape index (κ2) is 19.8. The van der Waals surface area contributed by atoms with Gasteiger partial charge in [-0.2, -0.15) is 0 Å². The van der Waals surface area contributed by atoms with Gasteiger partial charge in [0.2, 0.25) is 0 Å². The van der Waals surface area contributed by atoms with E-state index in [1.807, 2.05) is 139 Å². The predicted molar refractivity (Wildman–Crippen MR) is 235 cm³/mol. The monoisotopic (exact) mass is 844 g/mol. The number of rotatable bonds is 17. The average Bonchev–Trinajstić information content (AvgIpc) is 3.85. The van der Waals surface area contributed by atoms with Gasteiger partial charge in [0.1, 0.15) is 30.5 Å². The molecular formula is C48H56N6O8. The quantitative estimate of drug-likeness (QED) is 0.0436. The first-order valence-electron chi connectivity index (χ1n) is 20.9. The molecule has 6 aromatic rings. The van der Waals surface area contributed by atoms with Crippen molar-refractivity contribution in [2.24, 2.45) is 11.3 Å². The lowest BCUT2D eigenvalue weighted by atomic mass is 9.77. The van der Waals surface area contributed by atoms with Gasteiger partial charge in [-0.05, 0) is 98.4 Å². The molecule has 1 unspecified atom stereocenters. The molecule has 62 heavy (non-hydrogen) atoms. The number of carboxylic acid groups (broad SMARTS) is 1. The molecular weight excluding hydrogens is 789 g/mol. The number of carbonyl (C=O) groups excluding carboxylic acids is 3. The number of aliphatic carboxylic acids is 1. The summed E-state index contributed by atoms with van der Waals surface area (Å²) >= 11 is 0. The van der Waals surface area contributed by atoms with Gasteiger partial charge in [-0.1, -0.05) is 93.6 Å². The summed E-state index contributed by atoms with van der Waals surface area (Å²) in [6, 6.07) is 29.2. The van der Waals surface area contributed by atoms with Crippen molar-refractivity contribution in [3.05, 3.63) is 131 Å². The van der Waals surface area contributed by atoms with Crippen molar-refractivity contribution in [1.29, 1.82) is 0 Å². The average molecular weight is 845 g/mol. The summed E-state index contributed by atoms with van der Waals surface area (Å²) in [5.74, 6) is -1.19. The van der Waals surface area contributed by atoms with Crippen LogP contribution in [-0.4, -0.2) is 54.8 Å². The van der Waals surface area contributed by atoms with Crippen molar-refractivity contribution in [3.63, 3.8) is 0 Å². The molecule has 0 saturated heterocycles. The number of fused-ring (bicyclic) bond motifs is 2. The maximum atomic E-state index is 13.0. The number of hydrogen-bond acceptors (Lipinski definition) is 9. The second-order valence-corrected chi connectivity index (χ2v) is 17.6. The van der Waals surface area contributed by atoms with Gasteiger partial charge in [0.05, 0.1) is 40.1 Å². The van der Waals surface area contributed by atoms with Crippen molar-refractivity contribution in [2.75, 3.05) is 0 Å². The fourth-order valence-electron chi connectivity index (χ4n) is 7.13. The summed E-state index contributed by atoms with van der Waals surface area (Å²) in [6.07, 6.45) is 0.494. The summed E-state index contributed by atoms with van der Waals surface area (Å²) in [5.41, 5.74) is 5.47. The molecule has 0 radical (unpaired) electrons. The molecule has 5 N–H and O–H groups in total. The number of amides is 2. The normalized spacial score (nSPS) is 13.3. The van der Waals surface area contributed by atoms with Crippen molar-refractivity contribution in [3.8, 4) is 0 Å². The van der Waals surface area contributed by atoms with Gasteiger partial charge in [0, 0.05) is 6.42 Å². The van der Waals surface area contributed by atoms with Crippen molar-refractivity contribution >= 4 is 46.2 Å². The van der Waals surface area contributed by atoms with E-state index in [9.17, 15) is 24.3 Å². The van der Waals surface area contributed by atoms with Gasteiger partial charge in [0.25, 0.3) is 0 Å². The highest BCUT2D eigenvalue weighted by Gasteiger charge is 2.35. The Morgan fingerprint density at radius 2 is 1.11 bits per heavy atom. The van der Waals surface area contributed by atoms with Crippen molar-refractivity contribution < 1.29 is 38.5 Å². The van der Waals surface area contributed by atoms with Crippen LogP contribution in [0.25, 0.3) is 22.1 Å². The number of alkyl carbamates (subject to hydrolysis) is 2. The third-order valence-corrected chi connectivity index (χ3v) is 10.4. The lowest BCUT2D eigenvalue weighted by molar-refractivity contribution is -0.155.